The maximum atomic E-state index is 10.1. The van der Waals surface area contributed by atoms with Crippen LogP contribution in [0.15, 0.2) is 35.4 Å². The lowest BCUT2D eigenvalue weighted by Crippen LogP contribution is -2.37. The summed E-state index contributed by atoms with van der Waals surface area (Å²) in [6, 6.07) is 8.76. The molecule has 3 N–H and O–H groups in total. The average Bonchev–Trinajstić information content (AvgIpc) is 2.58. The number of aromatic hydroxyl groups is 1. The SMILES string of the molecule is Cc1nc(/C(=N/N)c2ccccc2O)cc(N2CCOCC2)n1. The Morgan fingerprint density at radius 2 is 2.00 bits per heavy atom. The van der Waals surface area contributed by atoms with E-state index in [9.17, 15) is 5.11 Å². The molecule has 0 amide bonds. The molecule has 7 heteroatoms. The second kappa shape index (κ2) is 6.62. The summed E-state index contributed by atoms with van der Waals surface area (Å²) >= 11 is 0. The van der Waals surface area contributed by atoms with Gasteiger partial charge in [-0.05, 0) is 19.1 Å². The number of aromatic nitrogens is 2. The van der Waals surface area contributed by atoms with E-state index in [0.717, 1.165) is 18.9 Å². The van der Waals surface area contributed by atoms with E-state index in [0.29, 0.717) is 36.0 Å². The van der Waals surface area contributed by atoms with E-state index in [1.54, 1.807) is 18.2 Å². The molecule has 0 unspecified atom stereocenters. The number of hydrazone groups is 1. The van der Waals surface area contributed by atoms with Gasteiger partial charge in [0.05, 0.1) is 18.9 Å². The Morgan fingerprint density at radius 1 is 1.26 bits per heavy atom. The smallest absolute Gasteiger partial charge is 0.133 e. The highest BCUT2D eigenvalue weighted by Crippen LogP contribution is 2.22. The van der Waals surface area contributed by atoms with Crippen LogP contribution in [0.4, 0.5) is 5.82 Å². The fraction of sp³-hybridized carbons (Fsp3) is 0.312. The van der Waals surface area contributed by atoms with Crippen molar-refractivity contribution in [1.29, 1.82) is 0 Å². The molecule has 1 aliphatic rings. The standard InChI is InChI=1S/C16H19N5O2/c1-11-18-13(10-15(19-11)21-6-8-23-9-7-21)16(20-17)12-4-2-3-5-14(12)22/h2-5,10,22H,6-9,17H2,1H3/b20-16+. The summed E-state index contributed by atoms with van der Waals surface area (Å²) in [5.41, 5.74) is 1.56. The van der Waals surface area contributed by atoms with E-state index in [1.807, 2.05) is 19.1 Å². The maximum Gasteiger partial charge on any atom is 0.133 e. The lowest BCUT2D eigenvalue weighted by Gasteiger charge is -2.28. The second-order valence-electron chi connectivity index (χ2n) is 5.25. The van der Waals surface area contributed by atoms with Crippen LogP contribution in [0, 0.1) is 6.92 Å². The Bertz CT molecular complexity index is 726. The molecule has 0 bridgehead atoms. The predicted octanol–water partition coefficient (Wildman–Crippen LogP) is 1.04. The van der Waals surface area contributed by atoms with Crippen molar-refractivity contribution in [1.82, 2.24) is 9.97 Å². The van der Waals surface area contributed by atoms with Crippen LogP contribution in [0.5, 0.6) is 5.75 Å². The molecule has 1 aromatic carbocycles. The first-order chi connectivity index (χ1) is 11.2. The van der Waals surface area contributed by atoms with Crippen molar-refractivity contribution in [3.05, 3.63) is 47.4 Å². The summed E-state index contributed by atoms with van der Waals surface area (Å²) in [6.07, 6.45) is 0. The van der Waals surface area contributed by atoms with Gasteiger partial charge in [-0.1, -0.05) is 12.1 Å². The predicted molar refractivity (Wildman–Crippen MR) is 87.7 cm³/mol. The van der Waals surface area contributed by atoms with Gasteiger partial charge in [0.1, 0.15) is 23.1 Å². The van der Waals surface area contributed by atoms with Gasteiger partial charge in [-0.25, -0.2) is 9.97 Å². The Kier molecular flexibility index (Phi) is 4.38. The largest absolute Gasteiger partial charge is 0.507 e. The van der Waals surface area contributed by atoms with Gasteiger partial charge in [0.2, 0.25) is 0 Å². The molecular weight excluding hydrogens is 294 g/mol. The van der Waals surface area contributed by atoms with Gasteiger partial charge in [0.15, 0.2) is 0 Å². The van der Waals surface area contributed by atoms with Crippen LogP contribution in [0.2, 0.25) is 0 Å². The van der Waals surface area contributed by atoms with Crippen LogP contribution >= 0.6 is 0 Å². The summed E-state index contributed by atoms with van der Waals surface area (Å²) in [4.78, 5) is 11.1. The number of morpholine rings is 1. The number of hydrogen-bond acceptors (Lipinski definition) is 7. The molecule has 0 spiro atoms. The molecule has 23 heavy (non-hydrogen) atoms. The Hall–Kier alpha value is -2.67. The van der Waals surface area contributed by atoms with E-state index < -0.39 is 0 Å². The zero-order chi connectivity index (χ0) is 16.2. The first-order valence-electron chi connectivity index (χ1n) is 7.44. The van der Waals surface area contributed by atoms with Gasteiger partial charge in [0.25, 0.3) is 0 Å². The normalized spacial score (nSPS) is 15.7. The molecule has 0 atom stereocenters. The van der Waals surface area contributed by atoms with Crippen LogP contribution in [0.25, 0.3) is 0 Å². The molecule has 2 aromatic rings. The molecule has 1 saturated heterocycles. The second-order valence-corrected chi connectivity index (χ2v) is 5.25. The third-order valence-corrected chi connectivity index (χ3v) is 3.69. The number of nitrogens with zero attached hydrogens (tertiary/aromatic N) is 4. The molecule has 3 rings (SSSR count). The summed E-state index contributed by atoms with van der Waals surface area (Å²) in [5, 5.41) is 13.9. The lowest BCUT2D eigenvalue weighted by molar-refractivity contribution is 0.122. The first-order valence-corrected chi connectivity index (χ1v) is 7.44. The number of hydrogen-bond donors (Lipinski definition) is 2. The van der Waals surface area contributed by atoms with Gasteiger partial charge in [-0.3, -0.25) is 0 Å². The van der Waals surface area contributed by atoms with Crippen molar-refractivity contribution >= 4 is 11.5 Å². The minimum absolute atomic E-state index is 0.112. The zero-order valence-corrected chi connectivity index (χ0v) is 12.9. The molecule has 0 radical (unpaired) electrons. The lowest BCUT2D eigenvalue weighted by atomic mass is 10.1. The number of para-hydroxylation sites is 1. The van der Waals surface area contributed by atoms with E-state index >= 15 is 0 Å². The number of phenols is 1. The third kappa shape index (κ3) is 3.24. The first kappa shape index (κ1) is 15.2. The van der Waals surface area contributed by atoms with Gasteiger partial charge in [0, 0.05) is 24.7 Å². The molecule has 120 valence electrons. The molecule has 0 aliphatic carbocycles. The van der Waals surface area contributed by atoms with Crippen LogP contribution in [0.1, 0.15) is 17.1 Å². The van der Waals surface area contributed by atoms with Gasteiger partial charge >= 0.3 is 0 Å². The molecule has 1 fully saturated rings. The number of benzene rings is 1. The molecular formula is C16H19N5O2. The third-order valence-electron chi connectivity index (χ3n) is 3.69. The fourth-order valence-corrected chi connectivity index (χ4v) is 2.58. The molecule has 1 aliphatic heterocycles. The monoisotopic (exact) mass is 313 g/mol. The topological polar surface area (TPSA) is 96.9 Å². The number of rotatable bonds is 3. The van der Waals surface area contributed by atoms with Crippen LogP contribution in [-0.4, -0.2) is 47.1 Å². The zero-order valence-electron chi connectivity index (χ0n) is 12.9. The Balaban J connectivity index is 2.01. The average molecular weight is 313 g/mol. The maximum absolute atomic E-state index is 10.1. The van der Waals surface area contributed by atoms with E-state index in [4.69, 9.17) is 10.6 Å². The highest BCUT2D eigenvalue weighted by atomic mass is 16.5. The number of phenolic OH excluding ortho intramolecular Hbond substituents is 1. The number of ether oxygens (including phenoxy) is 1. The number of anilines is 1. The van der Waals surface area contributed by atoms with Crippen LogP contribution in [0.3, 0.4) is 0 Å². The van der Waals surface area contributed by atoms with Crippen LogP contribution < -0.4 is 10.7 Å². The quantitative estimate of drug-likeness (QED) is 0.499. The molecule has 7 nitrogen and oxygen atoms in total. The summed E-state index contributed by atoms with van der Waals surface area (Å²) in [7, 11) is 0. The molecule has 0 saturated carbocycles. The van der Waals surface area contributed by atoms with Gasteiger partial charge < -0.3 is 20.6 Å². The van der Waals surface area contributed by atoms with E-state index in [1.165, 1.54) is 0 Å². The van der Waals surface area contributed by atoms with Crippen molar-refractivity contribution in [2.24, 2.45) is 10.9 Å². The molecule has 1 aromatic heterocycles. The highest BCUT2D eigenvalue weighted by molar-refractivity contribution is 6.13. The van der Waals surface area contributed by atoms with Gasteiger partial charge in [-0.2, -0.15) is 5.10 Å². The molecule has 2 heterocycles. The van der Waals surface area contributed by atoms with E-state index in [-0.39, 0.29) is 5.75 Å². The van der Waals surface area contributed by atoms with Crippen molar-refractivity contribution in [3.8, 4) is 5.75 Å². The number of aryl methyl sites for hydroxylation is 1. The minimum atomic E-state index is 0.112. The highest BCUT2D eigenvalue weighted by Gasteiger charge is 2.18. The number of nitrogens with two attached hydrogens (primary N) is 1. The minimum Gasteiger partial charge on any atom is -0.507 e. The van der Waals surface area contributed by atoms with Gasteiger partial charge in [-0.15, -0.1) is 0 Å². The van der Waals surface area contributed by atoms with Crippen molar-refractivity contribution in [2.45, 2.75) is 6.92 Å². The van der Waals surface area contributed by atoms with E-state index in [2.05, 4.69) is 20.0 Å². The fourth-order valence-electron chi connectivity index (χ4n) is 2.58. The van der Waals surface area contributed by atoms with Crippen LogP contribution in [-0.2, 0) is 4.74 Å². The van der Waals surface area contributed by atoms with Crippen molar-refractivity contribution in [2.75, 3.05) is 31.2 Å². The summed E-state index contributed by atoms with van der Waals surface area (Å²) in [5.74, 6) is 7.12. The van der Waals surface area contributed by atoms with Crippen molar-refractivity contribution < 1.29 is 9.84 Å². The Labute approximate surface area is 134 Å². The Morgan fingerprint density at radius 3 is 2.70 bits per heavy atom. The summed E-state index contributed by atoms with van der Waals surface area (Å²) < 4.78 is 5.37. The van der Waals surface area contributed by atoms with Crippen molar-refractivity contribution in [3.63, 3.8) is 0 Å². The summed E-state index contributed by atoms with van der Waals surface area (Å²) in [6.45, 7) is 4.74.